The van der Waals surface area contributed by atoms with Crippen molar-refractivity contribution in [2.45, 2.75) is 12.8 Å². The highest BCUT2D eigenvalue weighted by molar-refractivity contribution is 5.62. The van der Waals surface area contributed by atoms with Gasteiger partial charge in [0, 0.05) is 17.9 Å². The van der Waals surface area contributed by atoms with Gasteiger partial charge in [-0.05, 0) is 30.5 Å². The molecule has 17 heavy (non-hydrogen) atoms. The second-order valence-corrected chi connectivity index (χ2v) is 5.99. The molecule has 0 amide bonds. The highest BCUT2D eigenvalue weighted by Gasteiger charge is 2.19. The first-order chi connectivity index (χ1) is 7.96. The zero-order chi connectivity index (χ0) is 12.5. The lowest BCUT2D eigenvalue weighted by Crippen LogP contribution is -2.43. The molecule has 1 aliphatic rings. The second-order valence-electron chi connectivity index (χ2n) is 5.99. The Morgan fingerprint density at radius 1 is 1.29 bits per heavy atom. The molecule has 3 nitrogen and oxygen atoms in total. The number of fused-ring (bicyclic) bond motifs is 1. The van der Waals surface area contributed by atoms with Crippen LogP contribution in [0.2, 0.25) is 0 Å². The van der Waals surface area contributed by atoms with Gasteiger partial charge in [0.15, 0.2) is 0 Å². The molecule has 0 saturated heterocycles. The summed E-state index contributed by atoms with van der Waals surface area (Å²) in [6.07, 6.45) is 2.45. The van der Waals surface area contributed by atoms with Crippen LogP contribution in [0.4, 0.5) is 11.4 Å². The van der Waals surface area contributed by atoms with Crippen LogP contribution in [-0.4, -0.2) is 45.3 Å². The average Bonchev–Trinajstić information content (AvgIpc) is 2.25. The Kier molecular flexibility index (Phi) is 3.29. The van der Waals surface area contributed by atoms with E-state index >= 15 is 0 Å². The van der Waals surface area contributed by atoms with E-state index in [1.54, 1.807) is 0 Å². The summed E-state index contributed by atoms with van der Waals surface area (Å²) >= 11 is 0. The lowest BCUT2D eigenvalue weighted by atomic mass is 10.0. The molecule has 0 aliphatic carbocycles. The summed E-state index contributed by atoms with van der Waals surface area (Å²) < 4.78 is 1.01. The Morgan fingerprint density at radius 2 is 2.06 bits per heavy atom. The lowest BCUT2D eigenvalue weighted by Gasteiger charge is -2.34. The second kappa shape index (κ2) is 4.57. The Bertz CT molecular complexity index is 393. The van der Waals surface area contributed by atoms with Gasteiger partial charge in [-0.25, -0.2) is 0 Å². The largest absolute Gasteiger partial charge is 0.399 e. The van der Waals surface area contributed by atoms with Gasteiger partial charge in [-0.2, -0.15) is 0 Å². The van der Waals surface area contributed by atoms with Gasteiger partial charge in [-0.3, -0.25) is 0 Å². The minimum Gasteiger partial charge on any atom is -0.399 e. The normalized spacial score (nSPS) is 15.8. The molecular formula is C14H24N3+. The fraction of sp³-hybridized carbons (Fsp3) is 0.571. The van der Waals surface area contributed by atoms with Crippen LogP contribution in [-0.2, 0) is 6.42 Å². The van der Waals surface area contributed by atoms with E-state index in [1.807, 2.05) is 6.07 Å². The minimum atomic E-state index is 0.876. The van der Waals surface area contributed by atoms with Crippen molar-refractivity contribution in [2.75, 3.05) is 51.4 Å². The van der Waals surface area contributed by atoms with Crippen LogP contribution in [0.25, 0.3) is 0 Å². The number of likely N-dealkylation sites (N-methyl/N-ethyl adjacent to an activating group) is 1. The monoisotopic (exact) mass is 234 g/mol. The number of nitrogen functional groups attached to an aromatic ring is 1. The third-order valence-corrected chi connectivity index (χ3v) is 3.36. The number of hydrogen-bond acceptors (Lipinski definition) is 2. The lowest BCUT2D eigenvalue weighted by molar-refractivity contribution is -0.868. The summed E-state index contributed by atoms with van der Waals surface area (Å²) in [6, 6.07) is 6.33. The first-order valence-electron chi connectivity index (χ1n) is 6.39. The molecule has 0 spiro atoms. The van der Waals surface area contributed by atoms with Crippen molar-refractivity contribution >= 4 is 11.4 Å². The topological polar surface area (TPSA) is 29.3 Å². The standard InChI is InChI=1S/C14H24N3/c1-17(2,3)10-9-16-8-4-5-12-6-7-13(15)11-14(12)16/h6-7,11H,4-5,8-10,15H2,1-3H3/q+1. The van der Waals surface area contributed by atoms with E-state index in [9.17, 15) is 0 Å². The van der Waals surface area contributed by atoms with Crippen LogP contribution in [0, 0.1) is 0 Å². The molecule has 1 aromatic rings. The summed E-state index contributed by atoms with van der Waals surface area (Å²) in [6.45, 7) is 3.44. The van der Waals surface area contributed by atoms with Gasteiger partial charge in [0.2, 0.25) is 0 Å². The molecule has 2 N–H and O–H groups in total. The van der Waals surface area contributed by atoms with E-state index < -0.39 is 0 Å². The minimum absolute atomic E-state index is 0.876. The molecule has 1 aromatic carbocycles. The number of quaternary nitrogens is 1. The average molecular weight is 234 g/mol. The number of anilines is 2. The van der Waals surface area contributed by atoms with Gasteiger partial charge in [0.05, 0.1) is 34.2 Å². The number of benzene rings is 1. The molecule has 0 atom stereocenters. The van der Waals surface area contributed by atoms with E-state index in [4.69, 9.17) is 5.73 Å². The van der Waals surface area contributed by atoms with Gasteiger partial charge in [0.1, 0.15) is 0 Å². The first kappa shape index (κ1) is 12.2. The Labute approximate surface area is 104 Å². The van der Waals surface area contributed by atoms with Crippen molar-refractivity contribution in [1.29, 1.82) is 0 Å². The number of rotatable bonds is 3. The predicted molar refractivity (Wildman–Crippen MR) is 74.3 cm³/mol. The third kappa shape index (κ3) is 3.13. The van der Waals surface area contributed by atoms with E-state index in [-0.39, 0.29) is 0 Å². The maximum atomic E-state index is 5.90. The van der Waals surface area contributed by atoms with E-state index in [0.29, 0.717) is 0 Å². The van der Waals surface area contributed by atoms with Crippen LogP contribution < -0.4 is 10.6 Å². The summed E-state index contributed by atoms with van der Waals surface area (Å²) in [5.41, 5.74) is 9.57. The molecule has 0 fully saturated rings. The van der Waals surface area contributed by atoms with Gasteiger partial charge < -0.3 is 15.1 Å². The zero-order valence-corrected chi connectivity index (χ0v) is 11.2. The summed E-state index contributed by atoms with van der Waals surface area (Å²) in [5.74, 6) is 0. The van der Waals surface area contributed by atoms with Gasteiger partial charge in [-0.1, -0.05) is 6.07 Å². The molecule has 3 heteroatoms. The fourth-order valence-electron chi connectivity index (χ4n) is 2.32. The number of nitrogens with zero attached hydrogens (tertiary/aromatic N) is 2. The van der Waals surface area contributed by atoms with E-state index in [0.717, 1.165) is 29.8 Å². The molecule has 0 bridgehead atoms. The van der Waals surface area contributed by atoms with Crippen molar-refractivity contribution in [2.24, 2.45) is 0 Å². The number of nitrogens with two attached hydrogens (primary N) is 1. The molecule has 0 unspecified atom stereocenters. The molecule has 0 saturated carbocycles. The third-order valence-electron chi connectivity index (χ3n) is 3.36. The summed E-state index contributed by atoms with van der Waals surface area (Å²) in [7, 11) is 6.72. The van der Waals surface area contributed by atoms with Crippen LogP contribution >= 0.6 is 0 Å². The maximum Gasteiger partial charge on any atom is 0.0958 e. The maximum absolute atomic E-state index is 5.90. The Balaban J connectivity index is 2.14. The van der Waals surface area contributed by atoms with Crippen LogP contribution in [0.3, 0.4) is 0 Å². The van der Waals surface area contributed by atoms with Crippen molar-refractivity contribution in [3.8, 4) is 0 Å². The summed E-state index contributed by atoms with van der Waals surface area (Å²) in [4.78, 5) is 2.48. The fourth-order valence-corrected chi connectivity index (χ4v) is 2.32. The van der Waals surface area contributed by atoms with E-state index in [2.05, 4.69) is 38.2 Å². The molecule has 2 rings (SSSR count). The number of hydrogen-bond donors (Lipinski definition) is 1. The van der Waals surface area contributed by atoms with Crippen molar-refractivity contribution < 1.29 is 4.48 Å². The van der Waals surface area contributed by atoms with Crippen molar-refractivity contribution in [1.82, 2.24) is 0 Å². The molecule has 1 heterocycles. The molecule has 0 radical (unpaired) electrons. The highest BCUT2D eigenvalue weighted by Crippen LogP contribution is 2.28. The molecule has 1 aliphatic heterocycles. The molecule has 94 valence electrons. The molecular weight excluding hydrogens is 210 g/mol. The van der Waals surface area contributed by atoms with Crippen molar-refractivity contribution in [3.05, 3.63) is 23.8 Å². The SMILES string of the molecule is C[N+](C)(C)CCN1CCCc2ccc(N)cc21. The molecule has 0 aromatic heterocycles. The predicted octanol–water partition coefficient (Wildman–Crippen LogP) is 1.73. The Morgan fingerprint density at radius 3 is 2.76 bits per heavy atom. The van der Waals surface area contributed by atoms with Crippen LogP contribution in [0.5, 0.6) is 0 Å². The van der Waals surface area contributed by atoms with Gasteiger partial charge >= 0.3 is 0 Å². The zero-order valence-electron chi connectivity index (χ0n) is 11.2. The quantitative estimate of drug-likeness (QED) is 0.637. The summed E-state index contributed by atoms with van der Waals surface area (Å²) in [5, 5.41) is 0. The first-order valence-corrected chi connectivity index (χ1v) is 6.39. The smallest absolute Gasteiger partial charge is 0.0958 e. The highest BCUT2D eigenvalue weighted by atomic mass is 15.3. The van der Waals surface area contributed by atoms with Crippen LogP contribution in [0.1, 0.15) is 12.0 Å². The van der Waals surface area contributed by atoms with E-state index in [1.165, 1.54) is 24.1 Å². The van der Waals surface area contributed by atoms with Gasteiger partial charge in [0.25, 0.3) is 0 Å². The number of aryl methyl sites for hydroxylation is 1. The Hall–Kier alpha value is -1.22. The van der Waals surface area contributed by atoms with Crippen LogP contribution in [0.15, 0.2) is 18.2 Å². The van der Waals surface area contributed by atoms with Gasteiger partial charge in [-0.15, -0.1) is 0 Å². The van der Waals surface area contributed by atoms with Crippen molar-refractivity contribution in [3.63, 3.8) is 0 Å².